The van der Waals surface area contributed by atoms with E-state index in [9.17, 15) is 0 Å². The molecule has 3 nitrogen and oxygen atoms in total. The quantitative estimate of drug-likeness (QED) is 0.484. The molecular weight excluding hydrogens is 294 g/mol. The zero-order chi connectivity index (χ0) is 16.7. The standard InChI is InChI=1S/C21H19N3/c1-14-18-13-23-11-9-16(18)15(2)21-20(14)17-7-3-4-8-19(17)24(21)12-6-5-10-22/h3-4,7-9,11,13H,5-6,12H2,1-2H3. The fourth-order valence-electron chi connectivity index (χ4n) is 3.90. The number of hydrogen-bond acceptors (Lipinski definition) is 2. The van der Waals surface area contributed by atoms with Crippen molar-refractivity contribution < 1.29 is 0 Å². The topological polar surface area (TPSA) is 41.6 Å². The van der Waals surface area contributed by atoms with Gasteiger partial charge in [0.1, 0.15) is 0 Å². The van der Waals surface area contributed by atoms with Gasteiger partial charge in [0.05, 0.1) is 11.6 Å². The third-order valence-electron chi connectivity index (χ3n) is 5.00. The average molecular weight is 313 g/mol. The van der Waals surface area contributed by atoms with E-state index in [0.29, 0.717) is 6.42 Å². The Morgan fingerprint density at radius 3 is 2.71 bits per heavy atom. The van der Waals surface area contributed by atoms with E-state index < -0.39 is 0 Å². The van der Waals surface area contributed by atoms with E-state index in [-0.39, 0.29) is 0 Å². The summed E-state index contributed by atoms with van der Waals surface area (Å²) in [5, 5.41) is 14.0. The van der Waals surface area contributed by atoms with Gasteiger partial charge < -0.3 is 4.57 Å². The molecule has 0 N–H and O–H groups in total. The summed E-state index contributed by atoms with van der Waals surface area (Å²) in [7, 11) is 0. The van der Waals surface area contributed by atoms with E-state index in [1.54, 1.807) is 0 Å². The lowest BCUT2D eigenvalue weighted by molar-refractivity contribution is 0.691. The summed E-state index contributed by atoms with van der Waals surface area (Å²) in [4.78, 5) is 4.33. The first-order chi connectivity index (χ1) is 11.7. The van der Waals surface area contributed by atoms with Gasteiger partial charge in [-0.3, -0.25) is 4.98 Å². The number of nitrogens with zero attached hydrogens (tertiary/aromatic N) is 3. The number of benzene rings is 2. The molecule has 0 unspecified atom stereocenters. The first-order valence-electron chi connectivity index (χ1n) is 8.35. The summed E-state index contributed by atoms with van der Waals surface area (Å²) >= 11 is 0. The lowest BCUT2D eigenvalue weighted by Crippen LogP contribution is -1.99. The van der Waals surface area contributed by atoms with E-state index in [4.69, 9.17) is 5.26 Å². The van der Waals surface area contributed by atoms with Crippen molar-refractivity contribution in [1.82, 2.24) is 9.55 Å². The Labute approximate surface area is 141 Å². The van der Waals surface area contributed by atoms with E-state index >= 15 is 0 Å². The highest BCUT2D eigenvalue weighted by atomic mass is 15.0. The molecule has 0 radical (unpaired) electrons. The Balaban J connectivity index is 2.18. The van der Waals surface area contributed by atoms with Crippen LogP contribution in [-0.2, 0) is 6.54 Å². The normalized spacial score (nSPS) is 11.4. The van der Waals surface area contributed by atoms with Crippen molar-refractivity contribution in [3.8, 4) is 6.07 Å². The molecule has 0 amide bonds. The lowest BCUT2D eigenvalue weighted by Gasteiger charge is -2.12. The average Bonchev–Trinajstić information content (AvgIpc) is 2.95. The van der Waals surface area contributed by atoms with Crippen molar-refractivity contribution >= 4 is 32.6 Å². The van der Waals surface area contributed by atoms with E-state index in [1.165, 1.54) is 43.7 Å². The van der Waals surface area contributed by atoms with Crippen molar-refractivity contribution in [3.05, 3.63) is 53.9 Å². The minimum Gasteiger partial charge on any atom is -0.340 e. The Bertz CT molecular complexity index is 1110. The highest BCUT2D eigenvalue weighted by Crippen LogP contribution is 2.38. The predicted octanol–water partition coefficient (Wildman–Crippen LogP) is 5.26. The lowest BCUT2D eigenvalue weighted by atomic mass is 9.97. The van der Waals surface area contributed by atoms with Crippen LogP contribution >= 0.6 is 0 Å². The Morgan fingerprint density at radius 2 is 1.88 bits per heavy atom. The van der Waals surface area contributed by atoms with Gasteiger partial charge in [0.25, 0.3) is 0 Å². The summed E-state index contributed by atoms with van der Waals surface area (Å²) in [6.45, 7) is 5.26. The van der Waals surface area contributed by atoms with Crippen LogP contribution in [0.1, 0.15) is 24.0 Å². The number of pyridine rings is 1. The van der Waals surface area contributed by atoms with Crippen LogP contribution in [0.4, 0.5) is 0 Å². The molecule has 0 aliphatic rings. The maximum atomic E-state index is 8.90. The van der Waals surface area contributed by atoms with E-state index in [2.05, 4.69) is 59.8 Å². The molecule has 118 valence electrons. The van der Waals surface area contributed by atoms with Crippen LogP contribution in [0.15, 0.2) is 42.7 Å². The Kier molecular flexibility index (Phi) is 3.46. The summed E-state index contributed by atoms with van der Waals surface area (Å²) in [5.41, 5.74) is 5.13. The van der Waals surface area contributed by atoms with Crippen LogP contribution < -0.4 is 0 Å². The monoisotopic (exact) mass is 313 g/mol. The molecule has 3 heteroatoms. The van der Waals surface area contributed by atoms with Gasteiger partial charge in [-0.2, -0.15) is 5.26 Å². The number of unbranched alkanes of at least 4 members (excludes halogenated alkanes) is 1. The van der Waals surface area contributed by atoms with Gasteiger partial charge in [0.2, 0.25) is 0 Å². The van der Waals surface area contributed by atoms with Crippen molar-refractivity contribution in [2.24, 2.45) is 0 Å². The van der Waals surface area contributed by atoms with Crippen LogP contribution in [0.5, 0.6) is 0 Å². The third-order valence-corrected chi connectivity index (χ3v) is 5.00. The zero-order valence-electron chi connectivity index (χ0n) is 14.0. The summed E-state index contributed by atoms with van der Waals surface area (Å²) in [6, 6.07) is 12.9. The third kappa shape index (κ3) is 2.00. The summed E-state index contributed by atoms with van der Waals surface area (Å²) in [5.74, 6) is 0. The van der Waals surface area contributed by atoms with Crippen LogP contribution in [0.3, 0.4) is 0 Å². The molecule has 0 bridgehead atoms. The molecule has 0 aliphatic heterocycles. The van der Waals surface area contributed by atoms with Crippen LogP contribution in [0, 0.1) is 25.2 Å². The summed E-state index contributed by atoms with van der Waals surface area (Å²) in [6.07, 6.45) is 5.29. The maximum Gasteiger partial charge on any atom is 0.0622 e. The minimum absolute atomic E-state index is 0.587. The van der Waals surface area contributed by atoms with Gasteiger partial charge >= 0.3 is 0 Å². The summed E-state index contributed by atoms with van der Waals surface area (Å²) < 4.78 is 2.39. The second-order valence-electron chi connectivity index (χ2n) is 6.33. The molecule has 0 saturated carbocycles. The molecule has 0 fully saturated rings. The fourth-order valence-corrected chi connectivity index (χ4v) is 3.90. The molecule has 0 saturated heterocycles. The molecule has 0 aliphatic carbocycles. The highest BCUT2D eigenvalue weighted by Gasteiger charge is 2.17. The number of nitriles is 1. The number of aromatic nitrogens is 2. The van der Waals surface area contributed by atoms with Gasteiger partial charge in [0.15, 0.2) is 0 Å². The molecule has 24 heavy (non-hydrogen) atoms. The maximum absolute atomic E-state index is 8.90. The van der Waals surface area contributed by atoms with Crippen molar-refractivity contribution in [3.63, 3.8) is 0 Å². The highest BCUT2D eigenvalue weighted by molar-refractivity contribution is 6.16. The number of para-hydroxylation sites is 1. The molecule has 0 spiro atoms. The van der Waals surface area contributed by atoms with Crippen molar-refractivity contribution in [2.45, 2.75) is 33.2 Å². The van der Waals surface area contributed by atoms with Crippen LogP contribution in [0.25, 0.3) is 32.6 Å². The van der Waals surface area contributed by atoms with E-state index in [0.717, 1.165) is 13.0 Å². The second-order valence-corrected chi connectivity index (χ2v) is 6.33. The first-order valence-corrected chi connectivity index (χ1v) is 8.35. The van der Waals surface area contributed by atoms with Gasteiger partial charge in [-0.15, -0.1) is 0 Å². The van der Waals surface area contributed by atoms with Gasteiger partial charge in [-0.25, -0.2) is 0 Å². The smallest absolute Gasteiger partial charge is 0.0622 e. The largest absolute Gasteiger partial charge is 0.340 e. The second kappa shape index (κ2) is 5.65. The minimum atomic E-state index is 0.587. The Hall–Kier alpha value is -2.86. The number of fused-ring (bicyclic) bond motifs is 4. The number of rotatable bonds is 3. The Morgan fingerprint density at radius 1 is 1.04 bits per heavy atom. The van der Waals surface area contributed by atoms with E-state index in [1.807, 2.05) is 12.4 Å². The van der Waals surface area contributed by atoms with Gasteiger partial charge in [0, 0.05) is 47.0 Å². The fraction of sp³-hybridized carbons (Fsp3) is 0.238. The molecule has 0 atom stereocenters. The zero-order valence-corrected chi connectivity index (χ0v) is 14.0. The molecular formula is C21H19N3. The molecule has 2 heterocycles. The van der Waals surface area contributed by atoms with Crippen molar-refractivity contribution in [1.29, 1.82) is 5.26 Å². The molecule has 2 aromatic heterocycles. The van der Waals surface area contributed by atoms with Gasteiger partial charge in [-0.05, 0) is 48.9 Å². The first kappa shape index (κ1) is 14.7. The number of hydrogen-bond donors (Lipinski definition) is 0. The van der Waals surface area contributed by atoms with Crippen molar-refractivity contribution in [2.75, 3.05) is 0 Å². The SMILES string of the molecule is Cc1c2cnccc2c(C)c2c1c1ccccc1n2CCCC#N. The predicted molar refractivity (Wildman–Crippen MR) is 99.1 cm³/mol. The molecule has 4 aromatic rings. The van der Waals surface area contributed by atoms with Crippen LogP contribution in [-0.4, -0.2) is 9.55 Å². The van der Waals surface area contributed by atoms with Crippen LogP contribution in [0.2, 0.25) is 0 Å². The number of aryl methyl sites for hydroxylation is 3. The molecule has 4 rings (SSSR count). The van der Waals surface area contributed by atoms with Gasteiger partial charge in [-0.1, -0.05) is 18.2 Å². The molecule has 2 aromatic carbocycles.